The van der Waals surface area contributed by atoms with Crippen LogP contribution in [0.4, 0.5) is 13.2 Å². The number of hydrogen-bond donors (Lipinski definition) is 2. The van der Waals surface area contributed by atoms with Gasteiger partial charge in [0.1, 0.15) is 5.82 Å². The first-order valence-electron chi connectivity index (χ1n) is 5.84. The third kappa shape index (κ3) is 5.30. The first-order valence-corrected chi connectivity index (χ1v) is 5.84. The summed E-state index contributed by atoms with van der Waals surface area (Å²) in [6.07, 6.45) is 0. The molecule has 0 aliphatic heterocycles. The van der Waals surface area contributed by atoms with E-state index >= 15 is 0 Å². The molecule has 1 amide bonds. The summed E-state index contributed by atoms with van der Waals surface area (Å²) in [6.45, 7) is 5.41. The molecule has 0 saturated heterocycles. The van der Waals surface area contributed by atoms with Crippen LogP contribution in [0, 0.1) is 17.5 Å². The second kappa shape index (κ2) is 6.06. The number of halogens is 3. The maximum atomic E-state index is 13.3. The molecule has 0 aliphatic carbocycles. The number of amides is 1. The lowest BCUT2D eigenvalue weighted by Gasteiger charge is -2.20. The van der Waals surface area contributed by atoms with Gasteiger partial charge in [-0.05, 0) is 26.8 Å². The number of hydrogen-bond acceptors (Lipinski definition) is 2. The van der Waals surface area contributed by atoms with Gasteiger partial charge < -0.3 is 10.6 Å². The Hall–Kier alpha value is -1.56. The molecule has 0 aromatic heterocycles. The average Bonchev–Trinajstić information content (AvgIpc) is 2.22. The molecule has 1 rings (SSSR count). The van der Waals surface area contributed by atoms with Gasteiger partial charge in [0.2, 0.25) is 5.91 Å². The first kappa shape index (κ1) is 15.5. The molecule has 2 N–H and O–H groups in total. The highest BCUT2D eigenvalue weighted by molar-refractivity contribution is 5.78. The standard InChI is InChI=1S/C13H17F3N2O/c1-13(2,3)18-12(19)7-17-6-8-4-10(15)11(16)5-9(8)14/h4-5,17H,6-7H2,1-3H3,(H,18,19). The van der Waals surface area contributed by atoms with Gasteiger partial charge in [-0.15, -0.1) is 0 Å². The van der Waals surface area contributed by atoms with E-state index in [2.05, 4.69) is 10.6 Å². The second-order valence-corrected chi connectivity index (χ2v) is 5.26. The quantitative estimate of drug-likeness (QED) is 0.826. The Morgan fingerprint density at radius 1 is 1.11 bits per heavy atom. The minimum absolute atomic E-state index is 0.0255. The van der Waals surface area contributed by atoms with E-state index in [1.54, 1.807) is 0 Å². The minimum Gasteiger partial charge on any atom is -0.350 e. The van der Waals surface area contributed by atoms with Gasteiger partial charge in [0.25, 0.3) is 0 Å². The molecule has 106 valence electrons. The molecule has 3 nitrogen and oxygen atoms in total. The molecule has 0 heterocycles. The van der Waals surface area contributed by atoms with Crippen LogP contribution in [0.25, 0.3) is 0 Å². The Bertz CT molecular complexity index is 470. The third-order valence-electron chi connectivity index (χ3n) is 2.20. The summed E-state index contributed by atoms with van der Waals surface area (Å²) in [7, 11) is 0. The van der Waals surface area contributed by atoms with E-state index in [1.165, 1.54) is 0 Å². The first-order chi connectivity index (χ1) is 8.69. The molecule has 0 bridgehead atoms. The Balaban J connectivity index is 2.50. The summed E-state index contributed by atoms with van der Waals surface area (Å²) in [5, 5.41) is 5.38. The normalized spacial score (nSPS) is 11.5. The second-order valence-electron chi connectivity index (χ2n) is 5.26. The Labute approximate surface area is 110 Å². The van der Waals surface area contributed by atoms with Gasteiger partial charge in [-0.2, -0.15) is 0 Å². The van der Waals surface area contributed by atoms with Crippen LogP contribution < -0.4 is 10.6 Å². The molecular formula is C13H17F3N2O. The molecule has 1 aromatic carbocycles. The molecule has 0 radical (unpaired) electrons. The molecule has 19 heavy (non-hydrogen) atoms. The van der Waals surface area contributed by atoms with E-state index < -0.39 is 17.5 Å². The van der Waals surface area contributed by atoms with Crippen LogP contribution in [-0.4, -0.2) is 18.0 Å². The van der Waals surface area contributed by atoms with E-state index in [4.69, 9.17) is 0 Å². The molecule has 0 fully saturated rings. The van der Waals surface area contributed by atoms with Crippen molar-refractivity contribution in [2.75, 3.05) is 6.54 Å². The molecule has 0 spiro atoms. The maximum absolute atomic E-state index is 13.3. The average molecular weight is 274 g/mol. The molecule has 0 aliphatic rings. The summed E-state index contributed by atoms with van der Waals surface area (Å²) < 4.78 is 38.9. The highest BCUT2D eigenvalue weighted by atomic mass is 19.2. The molecule has 0 unspecified atom stereocenters. The SMILES string of the molecule is CC(C)(C)NC(=O)CNCc1cc(F)c(F)cc1F. The lowest BCUT2D eigenvalue weighted by atomic mass is 10.1. The van der Waals surface area contributed by atoms with Crippen molar-refractivity contribution in [1.29, 1.82) is 0 Å². The molecule has 1 aromatic rings. The summed E-state index contributed by atoms with van der Waals surface area (Å²) in [6, 6.07) is 1.26. The lowest BCUT2D eigenvalue weighted by Crippen LogP contribution is -2.44. The van der Waals surface area contributed by atoms with Crippen LogP contribution in [0.1, 0.15) is 26.3 Å². The van der Waals surface area contributed by atoms with Crippen LogP contribution >= 0.6 is 0 Å². The summed E-state index contributed by atoms with van der Waals surface area (Å²) >= 11 is 0. The zero-order valence-corrected chi connectivity index (χ0v) is 11.1. The maximum Gasteiger partial charge on any atom is 0.234 e. The lowest BCUT2D eigenvalue weighted by molar-refractivity contribution is -0.121. The number of carbonyl (C=O) groups excluding carboxylic acids is 1. The van der Waals surface area contributed by atoms with Crippen molar-refractivity contribution in [3.05, 3.63) is 35.1 Å². The monoisotopic (exact) mass is 274 g/mol. The summed E-state index contributed by atoms with van der Waals surface area (Å²) in [4.78, 5) is 11.5. The smallest absolute Gasteiger partial charge is 0.234 e. The van der Waals surface area contributed by atoms with E-state index in [1.807, 2.05) is 20.8 Å². The van der Waals surface area contributed by atoms with Crippen molar-refractivity contribution in [3.63, 3.8) is 0 Å². The van der Waals surface area contributed by atoms with Crippen molar-refractivity contribution in [1.82, 2.24) is 10.6 Å². The number of rotatable bonds is 4. The predicted octanol–water partition coefficient (Wildman–Crippen LogP) is 2.11. The van der Waals surface area contributed by atoms with E-state index in [-0.39, 0.29) is 30.1 Å². The minimum atomic E-state index is -1.23. The van der Waals surface area contributed by atoms with Gasteiger partial charge in [0, 0.05) is 23.7 Å². The zero-order chi connectivity index (χ0) is 14.6. The fourth-order valence-corrected chi connectivity index (χ4v) is 1.47. The van der Waals surface area contributed by atoms with E-state index in [0.717, 1.165) is 6.07 Å². The van der Waals surface area contributed by atoms with Gasteiger partial charge in [0.15, 0.2) is 11.6 Å². The van der Waals surface area contributed by atoms with Gasteiger partial charge in [-0.3, -0.25) is 4.79 Å². The van der Waals surface area contributed by atoms with Crippen LogP contribution in [0.15, 0.2) is 12.1 Å². The summed E-state index contributed by atoms with van der Waals surface area (Å²) in [5.41, 5.74) is -0.381. The third-order valence-corrected chi connectivity index (χ3v) is 2.20. The van der Waals surface area contributed by atoms with Gasteiger partial charge in [-0.25, -0.2) is 13.2 Å². The molecule has 0 atom stereocenters. The van der Waals surface area contributed by atoms with Crippen molar-refractivity contribution in [3.8, 4) is 0 Å². The van der Waals surface area contributed by atoms with Crippen molar-refractivity contribution >= 4 is 5.91 Å². The fraction of sp³-hybridized carbons (Fsp3) is 0.462. The highest BCUT2D eigenvalue weighted by Crippen LogP contribution is 2.13. The van der Waals surface area contributed by atoms with Gasteiger partial charge in [0.05, 0.1) is 6.54 Å². The van der Waals surface area contributed by atoms with Crippen molar-refractivity contribution in [2.24, 2.45) is 0 Å². The topological polar surface area (TPSA) is 41.1 Å². The van der Waals surface area contributed by atoms with Crippen LogP contribution in [-0.2, 0) is 11.3 Å². The fourth-order valence-electron chi connectivity index (χ4n) is 1.47. The number of nitrogens with one attached hydrogen (secondary N) is 2. The number of benzene rings is 1. The van der Waals surface area contributed by atoms with Crippen LogP contribution in [0.2, 0.25) is 0 Å². The van der Waals surface area contributed by atoms with Crippen LogP contribution in [0.3, 0.4) is 0 Å². The largest absolute Gasteiger partial charge is 0.350 e. The van der Waals surface area contributed by atoms with E-state index in [9.17, 15) is 18.0 Å². The Kier molecular flexibility index (Phi) is 4.94. The molecular weight excluding hydrogens is 257 g/mol. The van der Waals surface area contributed by atoms with Gasteiger partial charge in [-0.1, -0.05) is 0 Å². The van der Waals surface area contributed by atoms with Crippen molar-refractivity contribution in [2.45, 2.75) is 32.9 Å². The van der Waals surface area contributed by atoms with E-state index in [0.29, 0.717) is 6.07 Å². The molecule has 0 saturated carbocycles. The van der Waals surface area contributed by atoms with Crippen LogP contribution in [0.5, 0.6) is 0 Å². The molecule has 6 heteroatoms. The highest BCUT2D eigenvalue weighted by Gasteiger charge is 2.14. The van der Waals surface area contributed by atoms with Crippen molar-refractivity contribution < 1.29 is 18.0 Å². The Morgan fingerprint density at radius 3 is 2.26 bits per heavy atom. The zero-order valence-electron chi connectivity index (χ0n) is 11.1. The predicted molar refractivity (Wildman–Crippen MR) is 65.9 cm³/mol. The Morgan fingerprint density at radius 2 is 1.68 bits per heavy atom. The summed E-state index contributed by atoms with van der Waals surface area (Å²) in [5.74, 6) is -3.44. The van der Waals surface area contributed by atoms with Gasteiger partial charge >= 0.3 is 0 Å². The number of carbonyl (C=O) groups is 1.